The average molecular weight is 502 g/mol. The molecule has 2 aliphatic rings. The number of carbonyl (C=O) groups excluding carboxylic acids is 1. The molecule has 3 aromatic rings. The third-order valence-electron chi connectivity index (χ3n) is 7.11. The normalized spacial score (nSPS) is 16.1. The number of piperazine rings is 1. The van der Waals surface area contributed by atoms with Crippen LogP contribution >= 0.6 is 0 Å². The minimum atomic E-state index is -1.06. The number of aliphatic carboxylic acids is 1. The number of carboxylic acid groups (broad SMARTS) is 1. The number of fused-ring (bicyclic) bond motifs is 3. The molecule has 0 bridgehead atoms. The smallest absolute Gasteiger partial charge is 0.407 e. The number of ether oxygens (including phenoxy) is 1. The Morgan fingerprint density at radius 2 is 1.57 bits per heavy atom. The van der Waals surface area contributed by atoms with E-state index in [1.165, 1.54) is 0 Å². The van der Waals surface area contributed by atoms with Gasteiger partial charge in [0.1, 0.15) is 12.6 Å². The van der Waals surface area contributed by atoms with Crippen LogP contribution in [-0.2, 0) is 9.53 Å². The Labute approximate surface area is 216 Å². The van der Waals surface area contributed by atoms with Crippen LogP contribution in [0.4, 0.5) is 10.7 Å². The first-order chi connectivity index (χ1) is 18.1. The highest BCUT2D eigenvalue weighted by Crippen LogP contribution is 2.44. The van der Waals surface area contributed by atoms with E-state index < -0.39 is 18.1 Å². The lowest BCUT2D eigenvalue weighted by Gasteiger charge is -2.34. The van der Waals surface area contributed by atoms with Crippen LogP contribution in [0.2, 0.25) is 0 Å². The van der Waals surface area contributed by atoms with Gasteiger partial charge in [0.2, 0.25) is 5.95 Å². The molecule has 0 spiro atoms. The quantitative estimate of drug-likeness (QED) is 0.460. The predicted molar refractivity (Wildman–Crippen MR) is 140 cm³/mol. The van der Waals surface area contributed by atoms with Gasteiger partial charge in [0.05, 0.1) is 0 Å². The SMILES string of the molecule is O=C(N[C@@H](CCCN1CCN(c2ncccn2)CC1)C(=O)O)OCC1c2ccccc2-c2ccccc21. The Morgan fingerprint density at radius 1 is 0.946 bits per heavy atom. The Bertz CT molecular complexity index is 1180. The summed E-state index contributed by atoms with van der Waals surface area (Å²) < 4.78 is 5.53. The van der Waals surface area contributed by atoms with Crippen LogP contribution in [0, 0.1) is 0 Å². The van der Waals surface area contributed by atoms with Crippen LogP contribution in [0.3, 0.4) is 0 Å². The van der Waals surface area contributed by atoms with Crippen LogP contribution in [0.5, 0.6) is 0 Å². The first kappa shape index (κ1) is 24.7. The number of carbonyl (C=O) groups is 2. The van der Waals surface area contributed by atoms with E-state index in [4.69, 9.17) is 4.74 Å². The van der Waals surface area contributed by atoms with Gasteiger partial charge in [0, 0.05) is 44.5 Å². The van der Waals surface area contributed by atoms with E-state index in [1.807, 2.05) is 36.4 Å². The van der Waals surface area contributed by atoms with Crippen molar-refractivity contribution in [2.45, 2.75) is 24.8 Å². The van der Waals surface area contributed by atoms with Gasteiger partial charge in [-0.25, -0.2) is 19.6 Å². The van der Waals surface area contributed by atoms with Gasteiger partial charge in [-0.3, -0.25) is 4.90 Å². The van der Waals surface area contributed by atoms with Crippen LogP contribution in [0.1, 0.15) is 29.9 Å². The second-order valence-electron chi connectivity index (χ2n) is 9.38. The molecular formula is C28H31N5O4. The van der Waals surface area contributed by atoms with E-state index in [-0.39, 0.29) is 12.5 Å². The number of aromatic nitrogens is 2. The Hall–Kier alpha value is -3.98. The molecule has 1 atom stereocenters. The summed E-state index contributed by atoms with van der Waals surface area (Å²) in [6.07, 6.45) is 3.77. The number of nitrogens with one attached hydrogen (secondary N) is 1. The third-order valence-corrected chi connectivity index (χ3v) is 7.11. The van der Waals surface area contributed by atoms with Gasteiger partial charge in [0.15, 0.2) is 0 Å². The fraction of sp³-hybridized carbons (Fsp3) is 0.357. The number of hydrogen-bond acceptors (Lipinski definition) is 7. The average Bonchev–Trinajstić information content (AvgIpc) is 3.26. The van der Waals surface area contributed by atoms with Crippen molar-refractivity contribution in [3.8, 4) is 11.1 Å². The fourth-order valence-corrected chi connectivity index (χ4v) is 5.18. The predicted octanol–water partition coefficient (Wildman–Crippen LogP) is 3.37. The van der Waals surface area contributed by atoms with E-state index in [0.717, 1.165) is 60.9 Å². The molecule has 2 N–H and O–H groups in total. The molecule has 2 heterocycles. The first-order valence-corrected chi connectivity index (χ1v) is 12.7. The third kappa shape index (κ3) is 5.72. The number of amides is 1. The van der Waals surface area contributed by atoms with Gasteiger partial charge in [-0.05, 0) is 47.7 Å². The van der Waals surface area contributed by atoms with Crippen molar-refractivity contribution in [1.29, 1.82) is 0 Å². The molecule has 1 amide bonds. The maximum atomic E-state index is 12.5. The number of hydrogen-bond donors (Lipinski definition) is 2. The van der Waals surface area contributed by atoms with Gasteiger partial charge in [-0.2, -0.15) is 0 Å². The van der Waals surface area contributed by atoms with Gasteiger partial charge in [-0.15, -0.1) is 0 Å². The molecule has 0 unspecified atom stereocenters. The molecule has 1 aliphatic carbocycles. The number of alkyl carbamates (subject to hydrolysis) is 1. The lowest BCUT2D eigenvalue weighted by atomic mass is 9.98. The van der Waals surface area contributed by atoms with Crippen molar-refractivity contribution in [1.82, 2.24) is 20.2 Å². The van der Waals surface area contributed by atoms with Crippen LogP contribution < -0.4 is 10.2 Å². The zero-order chi connectivity index (χ0) is 25.6. The summed E-state index contributed by atoms with van der Waals surface area (Å²) >= 11 is 0. The van der Waals surface area contributed by atoms with Crippen LogP contribution in [0.25, 0.3) is 11.1 Å². The molecule has 5 rings (SSSR count). The lowest BCUT2D eigenvalue weighted by molar-refractivity contribution is -0.139. The fourth-order valence-electron chi connectivity index (χ4n) is 5.18. The topological polar surface area (TPSA) is 108 Å². The van der Waals surface area contributed by atoms with E-state index >= 15 is 0 Å². The zero-order valence-electron chi connectivity index (χ0n) is 20.6. The van der Waals surface area contributed by atoms with Crippen molar-refractivity contribution in [2.75, 3.05) is 44.2 Å². The summed E-state index contributed by atoms with van der Waals surface area (Å²) in [6.45, 7) is 4.28. The second-order valence-corrected chi connectivity index (χ2v) is 9.38. The molecule has 0 radical (unpaired) electrons. The van der Waals surface area contributed by atoms with Crippen molar-refractivity contribution >= 4 is 18.0 Å². The highest BCUT2D eigenvalue weighted by molar-refractivity contribution is 5.81. The second kappa shape index (κ2) is 11.4. The summed E-state index contributed by atoms with van der Waals surface area (Å²) in [7, 11) is 0. The molecule has 1 aliphatic heterocycles. The summed E-state index contributed by atoms with van der Waals surface area (Å²) in [4.78, 5) is 37.4. The number of rotatable bonds is 9. The first-order valence-electron chi connectivity index (χ1n) is 12.7. The Morgan fingerprint density at radius 3 is 2.19 bits per heavy atom. The van der Waals surface area contributed by atoms with E-state index in [0.29, 0.717) is 12.8 Å². The summed E-state index contributed by atoms with van der Waals surface area (Å²) in [5.41, 5.74) is 4.52. The molecule has 2 aromatic carbocycles. The Balaban J connectivity index is 1.08. The molecule has 9 nitrogen and oxygen atoms in total. The Kier molecular flexibility index (Phi) is 7.60. The van der Waals surface area contributed by atoms with E-state index in [1.54, 1.807) is 18.5 Å². The maximum absolute atomic E-state index is 12.5. The monoisotopic (exact) mass is 501 g/mol. The molecular weight excluding hydrogens is 470 g/mol. The van der Waals surface area contributed by atoms with Gasteiger partial charge < -0.3 is 20.1 Å². The van der Waals surface area contributed by atoms with Crippen molar-refractivity contribution < 1.29 is 19.4 Å². The van der Waals surface area contributed by atoms with Crippen LogP contribution in [0.15, 0.2) is 67.0 Å². The molecule has 1 saturated heterocycles. The van der Waals surface area contributed by atoms with Crippen molar-refractivity contribution in [3.63, 3.8) is 0 Å². The highest BCUT2D eigenvalue weighted by atomic mass is 16.5. The lowest BCUT2D eigenvalue weighted by Crippen LogP contribution is -2.47. The van der Waals surface area contributed by atoms with Crippen molar-refractivity contribution in [3.05, 3.63) is 78.1 Å². The van der Waals surface area contributed by atoms with Gasteiger partial charge >= 0.3 is 12.1 Å². The van der Waals surface area contributed by atoms with Gasteiger partial charge in [-0.1, -0.05) is 48.5 Å². The molecule has 37 heavy (non-hydrogen) atoms. The van der Waals surface area contributed by atoms with E-state index in [2.05, 4.69) is 37.2 Å². The largest absolute Gasteiger partial charge is 0.480 e. The summed E-state index contributed by atoms with van der Waals surface area (Å²) in [5, 5.41) is 12.2. The minimum absolute atomic E-state index is 0.0682. The standard InChI is InChI=1S/C28H31N5O4/c34-26(35)25(11-5-14-32-15-17-33(18-16-32)27-29-12-6-13-30-27)31-28(36)37-19-24-22-9-3-1-7-20(22)21-8-2-4-10-23(21)24/h1-4,6-10,12-13,24-25H,5,11,14-19H2,(H,31,36)(H,34,35)/t25-/m0/s1. The van der Waals surface area contributed by atoms with Gasteiger partial charge in [0.25, 0.3) is 0 Å². The molecule has 192 valence electrons. The summed E-state index contributed by atoms with van der Waals surface area (Å²) in [6, 6.07) is 17.0. The molecule has 0 saturated carbocycles. The summed E-state index contributed by atoms with van der Waals surface area (Å²) in [5.74, 6) is -0.388. The molecule has 1 aromatic heterocycles. The molecule has 9 heteroatoms. The zero-order valence-corrected chi connectivity index (χ0v) is 20.6. The number of carboxylic acids is 1. The number of benzene rings is 2. The molecule has 1 fully saturated rings. The number of nitrogens with zero attached hydrogens (tertiary/aromatic N) is 4. The van der Waals surface area contributed by atoms with Crippen LogP contribution in [-0.4, -0.2) is 77.4 Å². The van der Waals surface area contributed by atoms with E-state index in [9.17, 15) is 14.7 Å². The maximum Gasteiger partial charge on any atom is 0.407 e. The van der Waals surface area contributed by atoms with Crippen molar-refractivity contribution in [2.24, 2.45) is 0 Å². The minimum Gasteiger partial charge on any atom is -0.480 e. The number of anilines is 1. The highest BCUT2D eigenvalue weighted by Gasteiger charge is 2.30.